The molecule has 0 amide bonds. The Balaban J connectivity index is 2.18. The van der Waals surface area contributed by atoms with Gasteiger partial charge in [0.1, 0.15) is 5.82 Å². The summed E-state index contributed by atoms with van der Waals surface area (Å²) in [5.41, 5.74) is 1.98. The summed E-state index contributed by atoms with van der Waals surface area (Å²) in [6.07, 6.45) is 0. The van der Waals surface area contributed by atoms with Crippen LogP contribution in [-0.4, -0.2) is 16.5 Å². The first kappa shape index (κ1) is 14.2. The second kappa shape index (κ2) is 6.37. The summed E-state index contributed by atoms with van der Waals surface area (Å²) in [6, 6.07) is 14.2. The molecule has 0 bridgehead atoms. The maximum atomic E-state index is 4.74. The molecule has 3 aromatic rings. The topological polar surface area (TPSA) is 37.8 Å². The maximum absolute atomic E-state index is 4.74. The van der Waals surface area contributed by atoms with E-state index in [0.717, 1.165) is 38.8 Å². The molecule has 0 atom stereocenters. The lowest BCUT2D eigenvalue weighted by Gasteiger charge is -2.11. The summed E-state index contributed by atoms with van der Waals surface area (Å²) < 4.78 is 0.899. The molecule has 3 nitrogen and oxygen atoms in total. The van der Waals surface area contributed by atoms with E-state index in [1.165, 1.54) is 0 Å². The molecule has 0 aliphatic carbocycles. The van der Waals surface area contributed by atoms with Crippen molar-refractivity contribution in [3.05, 3.63) is 52.3 Å². The molecule has 2 aromatic heterocycles. The highest BCUT2D eigenvalue weighted by Crippen LogP contribution is 2.34. The van der Waals surface area contributed by atoms with Crippen LogP contribution in [0.5, 0.6) is 0 Å². The average Bonchev–Trinajstić information content (AvgIpc) is 3.05. The number of nitrogens with one attached hydrogen (secondary N) is 1. The predicted octanol–water partition coefficient (Wildman–Crippen LogP) is 5.07. The van der Waals surface area contributed by atoms with Crippen LogP contribution in [-0.2, 0) is 0 Å². The molecule has 21 heavy (non-hydrogen) atoms. The van der Waals surface area contributed by atoms with Gasteiger partial charge in [0.15, 0.2) is 5.82 Å². The van der Waals surface area contributed by atoms with Gasteiger partial charge in [-0.25, -0.2) is 9.97 Å². The van der Waals surface area contributed by atoms with Crippen molar-refractivity contribution in [3.8, 4) is 22.0 Å². The van der Waals surface area contributed by atoms with E-state index in [0.29, 0.717) is 0 Å². The van der Waals surface area contributed by atoms with Gasteiger partial charge in [-0.15, -0.1) is 11.3 Å². The van der Waals surface area contributed by atoms with Crippen molar-refractivity contribution in [1.29, 1.82) is 0 Å². The third-order valence-electron chi connectivity index (χ3n) is 2.98. The summed E-state index contributed by atoms with van der Waals surface area (Å²) in [6.45, 7) is 2.87. The Hall–Kier alpha value is -1.72. The SMILES string of the molecule is CCNc1nc(-c2cccs2)nc(-c2ccccc2)c1Br. The fraction of sp³-hybridized carbons (Fsp3) is 0.125. The molecule has 106 valence electrons. The highest BCUT2D eigenvalue weighted by atomic mass is 79.9. The van der Waals surface area contributed by atoms with Crippen LogP contribution in [0.4, 0.5) is 5.82 Å². The third kappa shape index (κ3) is 2.99. The molecule has 0 saturated heterocycles. The monoisotopic (exact) mass is 359 g/mol. The second-order valence-electron chi connectivity index (χ2n) is 4.43. The summed E-state index contributed by atoms with van der Waals surface area (Å²) in [5.74, 6) is 1.58. The van der Waals surface area contributed by atoms with Gasteiger partial charge >= 0.3 is 0 Å². The summed E-state index contributed by atoms with van der Waals surface area (Å²) in [5, 5.41) is 5.33. The third-order valence-corrected chi connectivity index (χ3v) is 4.60. The van der Waals surface area contributed by atoms with Crippen LogP contribution in [0.25, 0.3) is 22.0 Å². The molecule has 0 saturated carbocycles. The second-order valence-corrected chi connectivity index (χ2v) is 6.17. The molecule has 0 spiro atoms. The molecule has 0 aliphatic heterocycles. The first-order valence-electron chi connectivity index (χ1n) is 6.70. The van der Waals surface area contributed by atoms with Crippen LogP contribution in [0.2, 0.25) is 0 Å². The number of hydrogen-bond donors (Lipinski definition) is 1. The Bertz CT molecular complexity index is 727. The van der Waals surface area contributed by atoms with Crippen molar-refractivity contribution in [2.75, 3.05) is 11.9 Å². The van der Waals surface area contributed by atoms with Crippen molar-refractivity contribution in [2.24, 2.45) is 0 Å². The first-order chi connectivity index (χ1) is 10.3. The maximum Gasteiger partial charge on any atom is 0.172 e. The average molecular weight is 360 g/mol. The molecule has 2 heterocycles. The molecule has 3 rings (SSSR count). The van der Waals surface area contributed by atoms with Crippen molar-refractivity contribution >= 4 is 33.1 Å². The molecule has 5 heteroatoms. The minimum absolute atomic E-state index is 0.753. The molecule has 0 aliphatic rings. The smallest absolute Gasteiger partial charge is 0.172 e. The molecule has 1 N–H and O–H groups in total. The van der Waals surface area contributed by atoms with Crippen molar-refractivity contribution in [2.45, 2.75) is 6.92 Å². The molecular formula is C16H14BrN3S. The van der Waals surface area contributed by atoms with Crippen LogP contribution in [0.15, 0.2) is 52.3 Å². The van der Waals surface area contributed by atoms with Crippen LogP contribution >= 0.6 is 27.3 Å². The largest absolute Gasteiger partial charge is 0.369 e. The van der Waals surface area contributed by atoms with E-state index in [1.807, 2.05) is 35.7 Å². The quantitative estimate of drug-likeness (QED) is 0.706. The number of thiophene rings is 1. The van der Waals surface area contributed by atoms with Crippen LogP contribution < -0.4 is 5.32 Å². The Morgan fingerprint density at radius 2 is 1.90 bits per heavy atom. The van der Waals surface area contributed by atoms with E-state index < -0.39 is 0 Å². The first-order valence-corrected chi connectivity index (χ1v) is 8.37. The van der Waals surface area contributed by atoms with Crippen LogP contribution in [0, 0.1) is 0 Å². The Morgan fingerprint density at radius 1 is 1.10 bits per heavy atom. The highest BCUT2D eigenvalue weighted by molar-refractivity contribution is 9.10. The number of nitrogens with zero attached hydrogens (tertiary/aromatic N) is 2. The zero-order chi connectivity index (χ0) is 14.7. The van der Waals surface area contributed by atoms with E-state index in [4.69, 9.17) is 4.98 Å². The van der Waals surface area contributed by atoms with E-state index in [-0.39, 0.29) is 0 Å². The van der Waals surface area contributed by atoms with Crippen LogP contribution in [0.1, 0.15) is 6.92 Å². The van der Waals surface area contributed by atoms with Gasteiger partial charge in [-0.3, -0.25) is 0 Å². The van der Waals surface area contributed by atoms with Gasteiger partial charge < -0.3 is 5.32 Å². The van der Waals surface area contributed by atoms with Gasteiger partial charge in [0, 0.05) is 12.1 Å². The molecule has 1 aromatic carbocycles. The minimum Gasteiger partial charge on any atom is -0.369 e. The number of halogens is 1. The van der Waals surface area contributed by atoms with E-state index >= 15 is 0 Å². The number of rotatable bonds is 4. The van der Waals surface area contributed by atoms with Crippen molar-refractivity contribution < 1.29 is 0 Å². The van der Waals surface area contributed by atoms with E-state index in [9.17, 15) is 0 Å². The van der Waals surface area contributed by atoms with Gasteiger partial charge in [-0.2, -0.15) is 0 Å². The van der Waals surface area contributed by atoms with Gasteiger partial charge in [0.05, 0.1) is 15.0 Å². The zero-order valence-electron chi connectivity index (χ0n) is 11.5. The highest BCUT2D eigenvalue weighted by Gasteiger charge is 2.14. The Kier molecular flexibility index (Phi) is 4.31. The van der Waals surface area contributed by atoms with Gasteiger partial charge in [0.2, 0.25) is 0 Å². The number of aromatic nitrogens is 2. The lowest BCUT2D eigenvalue weighted by atomic mass is 10.1. The number of hydrogen-bond acceptors (Lipinski definition) is 4. The Morgan fingerprint density at radius 3 is 2.57 bits per heavy atom. The fourth-order valence-corrected chi connectivity index (χ4v) is 3.24. The van der Waals surface area contributed by atoms with Crippen molar-refractivity contribution in [1.82, 2.24) is 9.97 Å². The zero-order valence-corrected chi connectivity index (χ0v) is 13.9. The molecular weight excluding hydrogens is 346 g/mol. The predicted molar refractivity (Wildman–Crippen MR) is 92.6 cm³/mol. The number of anilines is 1. The van der Waals surface area contributed by atoms with Gasteiger partial charge in [-0.1, -0.05) is 36.4 Å². The Labute approximate surface area is 136 Å². The normalized spacial score (nSPS) is 10.6. The number of benzene rings is 1. The fourth-order valence-electron chi connectivity index (χ4n) is 2.03. The summed E-state index contributed by atoms with van der Waals surface area (Å²) in [4.78, 5) is 10.4. The van der Waals surface area contributed by atoms with Gasteiger partial charge in [0.25, 0.3) is 0 Å². The summed E-state index contributed by atoms with van der Waals surface area (Å²) >= 11 is 5.28. The van der Waals surface area contributed by atoms with Crippen LogP contribution in [0.3, 0.4) is 0 Å². The molecule has 0 radical (unpaired) electrons. The lowest BCUT2D eigenvalue weighted by Crippen LogP contribution is -2.04. The summed E-state index contributed by atoms with van der Waals surface area (Å²) in [7, 11) is 0. The van der Waals surface area contributed by atoms with Crippen molar-refractivity contribution in [3.63, 3.8) is 0 Å². The van der Waals surface area contributed by atoms with E-state index in [2.05, 4.69) is 45.3 Å². The molecule has 0 unspecified atom stereocenters. The molecule has 0 fully saturated rings. The van der Waals surface area contributed by atoms with E-state index in [1.54, 1.807) is 11.3 Å². The van der Waals surface area contributed by atoms with Gasteiger partial charge in [-0.05, 0) is 34.3 Å². The standard InChI is InChI=1S/C16H14BrN3S/c1-2-18-16-13(17)14(11-7-4-3-5-8-11)19-15(20-16)12-9-6-10-21-12/h3-10H,2H2,1H3,(H,18,19,20). The minimum atomic E-state index is 0.753. The lowest BCUT2D eigenvalue weighted by molar-refractivity contribution is 1.11.